The molecule has 0 N–H and O–H groups in total. The first-order valence-corrected chi connectivity index (χ1v) is 8.66. The van der Waals surface area contributed by atoms with E-state index in [1.807, 2.05) is 0 Å². The van der Waals surface area contributed by atoms with E-state index in [2.05, 4.69) is 4.98 Å². The Bertz CT molecular complexity index is 621. The molecule has 0 aromatic carbocycles. The Morgan fingerprint density at radius 1 is 1.33 bits per heavy atom. The summed E-state index contributed by atoms with van der Waals surface area (Å²) in [5.41, 5.74) is 0. The van der Waals surface area contributed by atoms with E-state index in [0.29, 0.717) is 39.0 Å². The lowest BCUT2D eigenvalue weighted by Crippen LogP contribution is -2.37. The van der Waals surface area contributed by atoms with Crippen molar-refractivity contribution < 1.29 is 13.2 Å². The SMILES string of the molecule is CCC(=O)N1CCCN(S(=O)(=O)c2ccnc(Cl)c2)CC1. The van der Waals surface area contributed by atoms with E-state index in [9.17, 15) is 13.2 Å². The fourth-order valence-electron chi connectivity index (χ4n) is 2.30. The van der Waals surface area contributed by atoms with E-state index in [-0.39, 0.29) is 16.0 Å². The van der Waals surface area contributed by atoms with Crippen LogP contribution in [-0.2, 0) is 14.8 Å². The van der Waals surface area contributed by atoms with Crippen LogP contribution in [0.25, 0.3) is 0 Å². The average molecular weight is 332 g/mol. The predicted molar refractivity (Wildman–Crippen MR) is 79.5 cm³/mol. The number of carbonyl (C=O) groups is 1. The zero-order valence-electron chi connectivity index (χ0n) is 11.8. The summed E-state index contributed by atoms with van der Waals surface area (Å²) in [6, 6.07) is 2.78. The number of rotatable bonds is 3. The first kappa shape index (κ1) is 16.2. The third kappa shape index (κ3) is 3.72. The van der Waals surface area contributed by atoms with Crippen LogP contribution >= 0.6 is 11.6 Å². The van der Waals surface area contributed by atoms with E-state index in [4.69, 9.17) is 11.6 Å². The van der Waals surface area contributed by atoms with Crippen LogP contribution in [0.5, 0.6) is 0 Å². The van der Waals surface area contributed by atoms with Crippen molar-refractivity contribution in [3.63, 3.8) is 0 Å². The molecular formula is C13H18ClN3O3S. The number of hydrogen-bond acceptors (Lipinski definition) is 4. The van der Waals surface area contributed by atoms with Crippen molar-refractivity contribution in [3.8, 4) is 0 Å². The van der Waals surface area contributed by atoms with Gasteiger partial charge in [0.2, 0.25) is 15.9 Å². The van der Waals surface area contributed by atoms with Crippen LogP contribution in [-0.4, -0.2) is 54.7 Å². The first-order chi connectivity index (χ1) is 9.95. The van der Waals surface area contributed by atoms with Gasteiger partial charge in [-0.3, -0.25) is 4.79 Å². The van der Waals surface area contributed by atoms with Gasteiger partial charge in [0, 0.05) is 38.8 Å². The fraction of sp³-hybridized carbons (Fsp3) is 0.538. The first-order valence-electron chi connectivity index (χ1n) is 6.84. The Kier molecular flexibility index (Phi) is 5.18. The van der Waals surface area contributed by atoms with E-state index in [1.54, 1.807) is 11.8 Å². The highest BCUT2D eigenvalue weighted by atomic mass is 35.5. The number of sulfonamides is 1. The molecule has 0 bridgehead atoms. The van der Waals surface area contributed by atoms with Gasteiger partial charge in [-0.05, 0) is 18.6 Å². The zero-order chi connectivity index (χ0) is 15.5. The Morgan fingerprint density at radius 2 is 2.10 bits per heavy atom. The highest BCUT2D eigenvalue weighted by Gasteiger charge is 2.28. The van der Waals surface area contributed by atoms with Gasteiger partial charge in [0.1, 0.15) is 5.15 Å². The number of aromatic nitrogens is 1. The molecule has 0 unspecified atom stereocenters. The molecule has 0 saturated carbocycles. The normalized spacial score (nSPS) is 17.5. The fourth-order valence-corrected chi connectivity index (χ4v) is 4.02. The minimum Gasteiger partial charge on any atom is -0.341 e. The minimum atomic E-state index is -3.59. The third-order valence-corrected chi connectivity index (χ3v) is 5.55. The van der Waals surface area contributed by atoms with Crippen LogP contribution in [0.2, 0.25) is 5.15 Å². The van der Waals surface area contributed by atoms with Crippen molar-refractivity contribution in [2.45, 2.75) is 24.7 Å². The van der Waals surface area contributed by atoms with Gasteiger partial charge < -0.3 is 4.90 Å². The summed E-state index contributed by atoms with van der Waals surface area (Å²) in [6.07, 6.45) is 2.44. The lowest BCUT2D eigenvalue weighted by molar-refractivity contribution is -0.130. The smallest absolute Gasteiger partial charge is 0.243 e. The molecule has 6 nitrogen and oxygen atoms in total. The Labute approximate surface area is 129 Å². The third-order valence-electron chi connectivity index (χ3n) is 3.45. The molecule has 0 radical (unpaired) electrons. The number of amides is 1. The van der Waals surface area contributed by atoms with Crippen LogP contribution in [0.3, 0.4) is 0 Å². The lowest BCUT2D eigenvalue weighted by atomic mass is 10.3. The molecule has 116 valence electrons. The highest BCUT2D eigenvalue weighted by molar-refractivity contribution is 7.89. The van der Waals surface area contributed by atoms with Crippen LogP contribution in [0.4, 0.5) is 0 Å². The molecule has 0 spiro atoms. The molecule has 1 aromatic heterocycles. The van der Waals surface area contributed by atoms with Crippen molar-refractivity contribution in [1.82, 2.24) is 14.2 Å². The predicted octanol–water partition coefficient (Wildman–Crippen LogP) is 1.37. The van der Waals surface area contributed by atoms with Gasteiger partial charge in [0.25, 0.3) is 0 Å². The van der Waals surface area contributed by atoms with Crippen molar-refractivity contribution in [2.24, 2.45) is 0 Å². The van der Waals surface area contributed by atoms with Crippen LogP contribution in [0, 0.1) is 0 Å². The molecule has 1 saturated heterocycles. The molecule has 1 aliphatic heterocycles. The van der Waals surface area contributed by atoms with Gasteiger partial charge in [-0.25, -0.2) is 13.4 Å². The summed E-state index contributed by atoms with van der Waals surface area (Å²) in [6.45, 7) is 3.52. The van der Waals surface area contributed by atoms with Gasteiger partial charge in [0.15, 0.2) is 0 Å². The van der Waals surface area contributed by atoms with Crippen LogP contribution in [0.1, 0.15) is 19.8 Å². The molecular weight excluding hydrogens is 314 g/mol. The summed E-state index contributed by atoms with van der Waals surface area (Å²) in [4.78, 5) is 17.4. The maximum Gasteiger partial charge on any atom is 0.243 e. The molecule has 0 atom stereocenters. The van der Waals surface area contributed by atoms with Gasteiger partial charge >= 0.3 is 0 Å². The largest absolute Gasteiger partial charge is 0.341 e. The van der Waals surface area contributed by atoms with Gasteiger partial charge in [-0.2, -0.15) is 4.31 Å². The molecule has 8 heteroatoms. The van der Waals surface area contributed by atoms with Crippen molar-refractivity contribution in [1.29, 1.82) is 0 Å². The molecule has 1 amide bonds. The van der Waals surface area contributed by atoms with E-state index in [0.717, 1.165) is 0 Å². The molecule has 0 aliphatic carbocycles. The maximum atomic E-state index is 12.6. The van der Waals surface area contributed by atoms with Gasteiger partial charge in [0.05, 0.1) is 4.90 Å². The van der Waals surface area contributed by atoms with Gasteiger partial charge in [-0.1, -0.05) is 18.5 Å². The van der Waals surface area contributed by atoms with E-state index >= 15 is 0 Å². The van der Waals surface area contributed by atoms with Crippen molar-refractivity contribution in [3.05, 3.63) is 23.5 Å². The summed E-state index contributed by atoms with van der Waals surface area (Å²) in [5.74, 6) is 0.0567. The zero-order valence-corrected chi connectivity index (χ0v) is 13.4. The Hall–Kier alpha value is -1.18. The molecule has 2 heterocycles. The summed E-state index contributed by atoms with van der Waals surface area (Å²) in [7, 11) is -3.59. The molecule has 1 aromatic rings. The second-order valence-corrected chi connectivity index (χ2v) is 7.13. The minimum absolute atomic E-state index is 0.0567. The number of pyridine rings is 1. The average Bonchev–Trinajstić information content (AvgIpc) is 2.72. The topological polar surface area (TPSA) is 70.6 Å². The molecule has 21 heavy (non-hydrogen) atoms. The van der Waals surface area contributed by atoms with E-state index in [1.165, 1.54) is 22.6 Å². The second-order valence-electron chi connectivity index (χ2n) is 4.81. The van der Waals surface area contributed by atoms with Crippen LogP contribution in [0.15, 0.2) is 23.2 Å². The lowest BCUT2D eigenvalue weighted by Gasteiger charge is -2.21. The highest BCUT2D eigenvalue weighted by Crippen LogP contribution is 2.19. The van der Waals surface area contributed by atoms with Crippen molar-refractivity contribution in [2.75, 3.05) is 26.2 Å². The van der Waals surface area contributed by atoms with E-state index < -0.39 is 10.0 Å². The summed E-state index contributed by atoms with van der Waals surface area (Å²) < 4.78 is 26.6. The monoisotopic (exact) mass is 331 g/mol. The number of halogens is 1. The Balaban J connectivity index is 2.16. The number of hydrogen-bond donors (Lipinski definition) is 0. The number of nitrogens with zero attached hydrogens (tertiary/aromatic N) is 3. The molecule has 1 fully saturated rings. The van der Waals surface area contributed by atoms with Crippen molar-refractivity contribution >= 4 is 27.5 Å². The standard InChI is InChI=1S/C13H18ClN3O3S/c1-2-13(18)16-6-3-7-17(9-8-16)21(19,20)11-4-5-15-12(14)10-11/h4-5,10H,2-3,6-9H2,1H3. The van der Waals surface area contributed by atoms with Crippen LogP contribution < -0.4 is 0 Å². The van der Waals surface area contributed by atoms with Gasteiger partial charge in [-0.15, -0.1) is 0 Å². The quantitative estimate of drug-likeness (QED) is 0.784. The Morgan fingerprint density at radius 3 is 2.76 bits per heavy atom. The molecule has 1 aliphatic rings. The number of carbonyl (C=O) groups excluding carboxylic acids is 1. The summed E-state index contributed by atoms with van der Waals surface area (Å²) in [5, 5.41) is 0.147. The maximum absolute atomic E-state index is 12.6. The second kappa shape index (κ2) is 6.72. The molecule has 2 rings (SSSR count). The summed E-state index contributed by atoms with van der Waals surface area (Å²) >= 11 is 5.76.